The molecule has 2 heterocycles. The highest BCUT2D eigenvalue weighted by Gasteiger charge is 2.45. The largest absolute Gasteiger partial charge is 0.498 e. The quantitative estimate of drug-likeness (QED) is 0.493. The van der Waals surface area contributed by atoms with Crippen LogP contribution < -0.4 is 14.2 Å². The molecule has 36 heavy (non-hydrogen) atoms. The van der Waals surface area contributed by atoms with Crippen molar-refractivity contribution in [3.63, 3.8) is 0 Å². The Bertz CT molecular complexity index is 1150. The fourth-order valence-electron chi connectivity index (χ4n) is 5.54. The van der Waals surface area contributed by atoms with Gasteiger partial charge in [-0.25, -0.2) is 4.79 Å². The van der Waals surface area contributed by atoms with E-state index in [2.05, 4.69) is 24.8 Å². The normalized spacial score (nSPS) is 23.0. The van der Waals surface area contributed by atoms with E-state index in [4.69, 9.17) is 28.4 Å². The summed E-state index contributed by atoms with van der Waals surface area (Å²) in [6, 6.07) is 3.69. The maximum Gasteiger partial charge on any atom is 0.340 e. The molecule has 0 aromatic heterocycles. The van der Waals surface area contributed by atoms with Gasteiger partial charge in [-0.2, -0.15) is 0 Å². The molecule has 0 bridgehead atoms. The average molecular weight is 498 g/mol. The SMILES string of the molecule is CCOC(=O)C1=C(c2cc(OC)c(OC)c(OC)c2)C(C)N2C1=C1C=C(OC)C(OC)CC1=CC2C. The second-order valence-electron chi connectivity index (χ2n) is 8.88. The smallest absolute Gasteiger partial charge is 0.340 e. The number of esters is 1. The zero-order valence-electron chi connectivity index (χ0n) is 22.3. The van der Waals surface area contributed by atoms with Gasteiger partial charge < -0.3 is 33.3 Å². The van der Waals surface area contributed by atoms with E-state index in [9.17, 15) is 4.79 Å². The molecular formula is C28H35NO7. The molecule has 1 aromatic carbocycles. The predicted molar refractivity (Wildman–Crippen MR) is 136 cm³/mol. The molecule has 194 valence electrons. The summed E-state index contributed by atoms with van der Waals surface area (Å²) in [4.78, 5) is 15.9. The van der Waals surface area contributed by atoms with Gasteiger partial charge in [0.25, 0.3) is 0 Å². The van der Waals surface area contributed by atoms with Gasteiger partial charge in [-0.15, -0.1) is 0 Å². The van der Waals surface area contributed by atoms with Crippen LogP contribution >= 0.6 is 0 Å². The first-order valence-corrected chi connectivity index (χ1v) is 12.1. The minimum Gasteiger partial charge on any atom is -0.498 e. The van der Waals surface area contributed by atoms with E-state index in [1.165, 1.54) is 0 Å². The Labute approximate surface area is 212 Å². The van der Waals surface area contributed by atoms with Crippen molar-refractivity contribution >= 4 is 11.5 Å². The van der Waals surface area contributed by atoms with Gasteiger partial charge in [-0.1, -0.05) is 6.08 Å². The van der Waals surface area contributed by atoms with Crippen LogP contribution in [0.5, 0.6) is 17.2 Å². The van der Waals surface area contributed by atoms with Gasteiger partial charge >= 0.3 is 5.97 Å². The molecule has 0 fully saturated rings. The van der Waals surface area contributed by atoms with Gasteiger partial charge in [0.2, 0.25) is 5.75 Å². The molecule has 1 aliphatic carbocycles. The van der Waals surface area contributed by atoms with Crippen LogP contribution in [-0.2, 0) is 19.0 Å². The number of nitrogens with zero attached hydrogens (tertiary/aromatic N) is 1. The second-order valence-corrected chi connectivity index (χ2v) is 8.88. The van der Waals surface area contributed by atoms with Crippen LogP contribution in [0.1, 0.15) is 32.8 Å². The van der Waals surface area contributed by atoms with Crippen LogP contribution in [0.4, 0.5) is 0 Å². The first-order valence-electron chi connectivity index (χ1n) is 12.1. The minimum absolute atomic E-state index is 0.0488. The van der Waals surface area contributed by atoms with Crippen LogP contribution in [0, 0.1) is 0 Å². The molecule has 8 nitrogen and oxygen atoms in total. The monoisotopic (exact) mass is 497 g/mol. The number of allylic oxidation sites excluding steroid dienone is 2. The lowest BCUT2D eigenvalue weighted by molar-refractivity contribution is -0.138. The van der Waals surface area contributed by atoms with Crippen LogP contribution in [0.15, 0.2) is 52.5 Å². The lowest BCUT2D eigenvalue weighted by Crippen LogP contribution is -2.39. The molecule has 0 radical (unpaired) electrons. The first-order chi connectivity index (χ1) is 17.3. The third-order valence-corrected chi connectivity index (χ3v) is 7.07. The van der Waals surface area contributed by atoms with Gasteiger partial charge in [-0.05, 0) is 55.7 Å². The standard InChI is InChI=1S/C28H35NO7/c1-9-36-28(30)25-24(18-12-22(33-6)27(35-8)23(13-18)34-7)16(3)29-15(2)10-17-11-20(31-4)21(32-5)14-19(17)26(25)29/h10,12-16,20H,9,11H2,1-8H3. The zero-order valence-corrected chi connectivity index (χ0v) is 22.3. The van der Waals surface area contributed by atoms with E-state index >= 15 is 0 Å². The summed E-state index contributed by atoms with van der Waals surface area (Å²) in [5, 5.41) is 0. The Balaban J connectivity index is 2.04. The van der Waals surface area contributed by atoms with Crippen molar-refractivity contribution in [2.45, 2.75) is 45.4 Å². The van der Waals surface area contributed by atoms with Crippen LogP contribution in [0.3, 0.4) is 0 Å². The molecule has 0 amide bonds. The average Bonchev–Trinajstić information content (AvgIpc) is 3.20. The summed E-state index contributed by atoms with van der Waals surface area (Å²) >= 11 is 0. The lowest BCUT2D eigenvalue weighted by Gasteiger charge is -2.39. The minimum atomic E-state index is -0.368. The van der Waals surface area contributed by atoms with Gasteiger partial charge in [0.15, 0.2) is 11.5 Å². The van der Waals surface area contributed by atoms with Crippen LogP contribution in [0.2, 0.25) is 0 Å². The van der Waals surface area contributed by atoms with E-state index in [0.717, 1.165) is 33.7 Å². The topological polar surface area (TPSA) is 75.7 Å². The van der Waals surface area contributed by atoms with E-state index in [1.807, 2.05) is 25.1 Å². The van der Waals surface area contributed by atoms with Crippen molar-refractivity contribution in [2.24, 2.45) is 0 Å². The van der Waals surface area contributed by atoms with E-state index in [0.29, 0.717) is 29.2 Å². The molecule has 0 saturated carbocycles. The summed E-state index contributed by atoms with van der Waals surface area (Å²) < 4.78 is 33.7. The number of carbonyl (C=O) groups excluding carboxylic acids is 1. The summed E-state index contributed by atoms with van der Waals surface area (Å²) in [6.07, 6.45) is 4.72. The molecule has 0 spiro atoms. The number of hydrogen-bond donors (Lipinski definition) is 0. The molecule has 8 heteroatoms. The van der Waals surface area contributed by atoms with Gasteiger partial charge in [0.1, 0.15) is 11.9 Å². The summed E-state index contributed by atoms with van der Waals surface area (Å²) in [7, 11) is 8.05. The Morgan fingerprint density at radius 1 is 1.00 bits per heavy atom. The highest BCUT2D eigenvalue weighted by atomic mass is 16.5. The Morgan fingerprint density at radius 2 is 1.67 bits per heavy atom. The second kappa shape index (κ2) is 10.3. The Hall–Kier alpha value is -3.39. The highest BCUT2D eigenvalue weighted by molar-refractivity contribution is 6.06. The van der Waals surface area contributed by atoms with Crippen molar-refractivity contribution < 1.29 is 33.2 Å². The predicted octanol–water partition coefficient (Wildman–Crippen LogP) is 4.26. The number of carbonyl (C=O) groups is 1. The molecule has 0 saturated heterocycles. The maximum atomic E-state index is 13.6. The number of ether oxygens (including phenoxy) is 6. The molecule has 0 N–H and O–H groups in total. The van der Waals surface area contributed by atoms with Gasteiger partial charge in [0, 0.05) is 25.1 Å². The Morgan fingerprint density at radius 3 is 2.19 bits per heavy atom. The third kappa shape index (κ3) is 4.03. The fraction of sp³-hybridized carbons (Fsp3) is 0.464. The summed E-state index contributed by atoms with van der Waals surface area (Å²) in [6.45, 7) is 6.32. The number of methoxy groups -OCH3 is 5. The van der Waals surface area contributed by atoms with Crippen molar-refractivity contribution in [1.82, 2.24) is 4.90 Å². The molecule has 4 rings (SSSR count). The van der Waals surface area contributed by atoms with Crippen LogP contribution in [-0.4, -0.2) is 71.2 Å². The van der Waals surface area contributed by atoms with Crippen molar-refractivity contribution in [3.8, 4) is 17.2 Å². The zero-order chi connectivity index (χ0) is 26.1. The molecule has 2 aliphatic heterocycles. The number of hydrogen-bond acceptors (Lipinski definition) is 8. The van der Waals surface area contributed by atoms with E-state index in [-0.39, 0.29) is 30.8 Å². The highest BCUT2D eigenvalue weighted by Crippen LogP contribution is 2.50. The number of rotatable bonds is 8. The molecular weight excluding hydrogens is 462 g/mol. The van der Waals surface area contributed by atoms with Crippen LogP contribution in [0.25, 0.3) is 5.57 Å². The third-order valence-electron chi connectivity index (χ3n) is 7.07. The van der Waals surface area contributed by atoms with Crippen molar-refractivity contribution in [2.75, 3.05) is 42.2 Å². The Kier molecular flexibility index (Phi) is 7.36. The molecule has 3 atom stereocenters. The molecule has 1 aromatic rings. The van der Waals surface area contributed by atoms with Crippen molar-refractivity contribution in [1.29, 1.82) is 0 Å². The molecule has 3 unspecified atom stereocenters. The van der Waals surface area contributed by atoms with Gasteiger partial charge in [0.05, 0.1) is 52.4 Å². The lowest BCUT2D eigenvalue weighted by atomic mass is 9.85. The van der Waals surface area contributed by atoms with E-state index in [1.54, 1.807) is 35.5 Å². The molecule has 3 aliphatic rings. The fourth-order valence-corrected chi connectivity index (χ4v) is 5.54. The van der Waals surface area contributed by atoms with E-state index < -0.39 is 0 Å². The summed E-state index contributed by atoms with van der Waals surface area (Å²) in [5.74, 6) is 1.89. The number of benzene rings is 1. The van der Waals surface area contributed by atoms with Gasteiger partial charge in [-0.3, -0.25) is 0 Å². The summed E-state index contributed by atoms with van der Waals surface area (Å²) in [5.41, 5.74) is 5.11. The number of fused-ring (bicyclic) bond motifs is 2. The van der Waals surface area contributed by atoms with Crippen molar-refractivity contribution in [3.05, 3.63) is 58.0 Å². The maximum absolute atomic E-state index is 13.6. The first kappa shape index (κ1) is 25.7.